The van der Waals surface area contributed by atoms with E-state index < -0.39 is 5.97 Å². The second-order valence-electron chi connectivity index (χ2n) is 6.54. The number of aromatic nitrogens is 1. The number of hydrogen-bond donors (Lipinski definition) is 0. The summed E-state index contributed by atoms with van der Waals surface area (Å²) in [5.74, 6) is 0.986. The van der Waals surface area contributed by atoms with Gasteiger partial charge in [-0.1, -0.05) is 0 Å². The summed E-state index contributed by atoms with van der Waals surface area (Å²) in [6.45, 7) is 5.39. The zero-order chi connectivity index (χ0) is 21.8. The Kier molecular flexibility index (Phi) is 6.20. The largest absolute Gasteiger partial charge is 0.496 e. The van der Waals surface area contributed by atoms with Gasteiger partial charge in [-0.2, -0.15) is 0 Å². The van der Waals surface area contributed by atoms with Crippen molar-refractivity contribution in [2.24, 2.45) is 0 Å². The summed E-state index contributed by atoms with van der Waals surface area (Å²) in [6.07, 6.45) is 3.03. The minimum absolute atomic E-state index is 0.239. The number of carbonyl (C=O) groups is 2. The van der Waals surface area contributed by atoms with Crippen LogP contribution in [0.2, 0.25) is 0 Å². The van der Waals surface area contributed by atoms with E-state index >= 15 is 0 Å². The Morgan fingerprint density at radius 2 is 1.63 bits per heavy atom. The molecular weight excluding hydrogens is 386 g/mol. The molecule has 3 aromatic rings. The molecule has 156 valence electrons. The van der Waals surface area contributed by atoms with Crippen molar-refractivity contribution in [3.8, 4) is 23.0 Å². The molecule has 7 nitrogen and oxygen atoms in total. The number of methoxy groups -OCH3 is 2. The van der Waals surface area contributed by atoms with Crippen LogP contribution < -0.4 is 18.9 Å². The van der Waals surface area contributed by atoms with Crippen LogP contribution in [0.4, 0.5) is 0 Å². The lowest BCUT2D eigenvalue weighted by molar-refractivity contribution is -0.131. The van der Waals surface area contributed by atoms with Crippen LogP contribution in [0, 0.1) is 6.92 Å². The third kappa shape index (κ3) is 3.91. The van der Waals surface area contributed by atoms with Crippen LogP contribution in [0.15, 0.2) is 36.7 Å². The third-order valence-corrected chi connectivity index (χ3v) is 4.66. The molecule has 0 bridgehead atoms. The van der Waals surface area contributed by atoms with Gasteiger partial charge in [0.1, 0.15) is 11.5 Å². The van der Waals surface area contributed by atoms with E-state index in [4.69, 9.17) is 18.9 Å². The fraction of sp³-hybridized carbons (Fsp3) is 0.261. The van der Waals surface area contributed by atoms with Gasteiger partial charge < -0.3 is 18.9 Å². The first-order valence-electron chi connectivity index (χ1n) is 9.40. The summed E-state index contributed by atoms with van der Waals surface area (Å²) in [7, 11) is 3.08. The summed E-state index contributed by atoms with van der Waals surface area (Å²) in [4.78, 5) is 29.2. The predicted octanol–water partition coefficient (Wildman–Crippen LogP) is 4.12. The molecule has 0 atom stereocenters. The van der Waals surface area contributed by atoms with Gasteiger partial charge in [0.2, 0.25) is 0 Å². The maximum Gasteiger partial charge on any atom is 0.308 e. The highest BCUT2D eigenvalue weighted by Gasteiger charge is 2.21. The molecule has 30 heavy (non-hydrogen) atoms. The summed E-state index contributed by atoms with van der Waals surface area (Å²) in [5, 5.41) is 1.10. The standard InChI is InChI=1S/C23H23NO6/c1-6-29-19-8-7-16-17(11-24-12-18(16)23(19)30-14(3)25)22(26)15-9-20(27-4)13(2)21(10-15)28-5/h7-12H,6H2,1-5H3. The maximum atomic E-state index is 13.4. The zero-order valence-corrected chi connectivity index (χ0v) is 17.6. The number of carbonyl (C=O) groups excluding carboxylic acids is 2. The second kappa shape index (κ2) is 8.82. The summed E-state index contributed by atoms with van der Waals surface area (Å²) < 4.78 is 21.7. The van der Waals surface area contributed by atoms with Crippen LogP contribution in [0.5, 0.6) is 23.0 Å². The molecule has 7 heteroatoms. The van der Waals surface area contributed by atoms with Crippen LogP contribution in [-0.2, 0) is 4.79 Å². The molecule has 0 aliphatic carbocycles. The fourth-order valence-corrected chi connectivity index (χ4v) is 3.27. The lowest BCUT2D eigenvalue weighted by Crippen LogP contribution is -2.08. The van der Waals surface area contributed by atoms with Crippen LogP contribution in [0.25, 0.3) is 10.8 Å². The molecule has 0 amide bonds. The predicted molar refractivity (Wildman–Crippen MR) is 112 cm³/mol. The van der Waals surface area contributed by atoms with Crippen molar-refractivity contribution in [2.45, 2.75) is 20.8 Å². The molecule has 0 saturated carbocycles. The van der Waals surface area contributed by atoms with Crippen LogP contribution in [0.3, 0.4) is 0 Å². The van der Waals surface area contributed by atoms with Crippen molar-refractivity contribution in [1.29, 1.82) is 0 Å². The van der Waals surface area contributed by atoms with E-state index in [0.717, 1.165) is 5.56 Å². The highest BCUT2D eigenvalue weighted by atomic mass is 16.6. The average molecular weight is 409 g/mol. The van der Waals surface area contributed by atoms with Crippen LogP contribution >= 0.6 is 0 Å². The van der Waals surface area contributed by atoms with Crippen molar-refractivity contribution in [3.63, 3.8) is 0 Å². The highest BCUT2D eigenvalue weighted by molar-refractivity contribution is 6.17. The van der Waals surface area contributed by atoms with Gasteiger partial charge in [0.05, 0.1) is 20.8 Å². The number of ether oxygens (including phenoxy) is 4. The quantitative estimate of drug-likeness (QED) is 0.330. The van der Waals surface area contributed by atoms with Crippen molar-refractivity contribution in [3.05, 3.63) is 53.3 Å². The van der Waals surface area contributed by atoms with Crippen molar-refractivity contribution >= 4 is 22.5 Å². The first-order chi connectivity index (χ1) is 14.4. The van der Waals surface area contributed by atoms with Crippen LogP contribution in [0.1, 0.15) is 35.3 Å². The van der Waals surface area contributed by atoms with Crippen molar-refractivity contribution in [1.82, 2.24) is 4.98 Å². The number of nitrogens with zero attached hydrogens (tertiary/aromatic N) is 1. The average Bonchev–Trinajstić information content (AvgIpc) is 2.74. The number of fused-ring (bicyclic) bond motifs is 1. The van der Waals surface area contributed by atoms with E-state index in [1.807, 2.05) is 13.8 Å². The van der Waals surface area contributed by atoms with Gasteiger partial charge >= 0.3 is 5.97 Å². The first kappa shape index (κ1) is 21.1. The molecule has 0 saturated heterocycles. The molecule has 0 unspecified atom stereocenters. The van der Waals surface area contributed by atoms with Gasteiger partial charge in [-0.25, -0.2) is 0 Å². The van der Waals surface area contributed by atoms with E-state index in [-0.39, 0.29) is 11.5 Å². The molecule has 0 spiro atoms. The van der Waals surface area contributed by atoms with Crippen LogP contribution in [-0.4, -0.2) is 37.6 Å². The molecule has 3 rings (SSSR count). The van der Waals surface area contributed by atoms with Gasteiger partial charge in [0.25, 0.3) is 0 Å². The van der Waals surface area contributed by atoms with E-state index in [2.05, 4.69) is 4.98 Å². The van der Waals surface area contributed by atoms with Gasteiger partial charge in [-0.15, -0.1) is 0 Å². The third-order valence-electron chi connectivity index (χ3n) is 4.66. The Morgan fingerprint density at radius 3 is 2.20 bits per heavy atom. The lowest BCUT2D eigenvalue weighted by atomic mass is 9.97. The Balaban J connectivity index is 2.20. The SMILES string of the molecule is CCOc1ccc2c(C(=O)c3cc(OC)c(C)c(OC)c3)cncc2c1OC(C)=O. The Hall–Kier alpha value is -3.61. The zero-order valence-electron chi connectivity index (χ0n) is 17.6. The first-order valence-corrected chi connectivity index (χ1v) is 9.40. The number of ketones is 1. The molecule has 0 radical (unpaired) electrons. The Labute approximate surface area is 174 Å². The molecule has 1 heterocycles. The molecule has 0 aliphatic heterocycles. The van der Waals surface area contributed by atoms with E-state index in [1.165, 1.54) is 27.3 Å². The monoisotopic (exact) mass is 409 g/mol. The maximum absolute atomic E-state index is 13.4. The minimum atomic E-state index is -0.492. The summed E-state index contributed by atoms with van der Waals surface area (Å²) >= 11 is 0. The topological polar surface area (TPSA) is 84.0 Å². The van der Waals surface area contributed by atoms with Crippen molar-refractivity contribution in [2.75, 3.05) is 20.8 Å². The number of esters is 1. The normalized spacial score (nSPS) is 10.6. The summed E-state index contributed by atoms with van der Waals surface area (Å²) in [6, 6.07) is 6.77. The number of pyridine rings is 1. The smallest absolute Gasteiger partial charge is 0.308 e. The molecule has 0 aliphatic rings. The lowest BCUT2D eigenvalue weighted by Gasteiger charge is -2.15. The molecular formula is C23H23NO6. The molecule has 0 N–H and O–H groups in total. The minimum Gasteiger partial charge on any atom is -0.496 e. The van der Waals surface area contributed by atoms with Gasteiger partial charge in [0, 0.05) is 41.4 Å². The fourth-order valence-electron chi connectivity index (χ4n) is 3.27. The van der Waals surface area contributed by atoms with Gasteiger partial charge in [0.15, 0.2) is 17.3 Å². The van der Waals surface area contributed by atoms with E-state index in [1.54, 1.807) is 30.5 Å². The van der Waals surface area contributed by atoms with Gasteiger partial charge in [-0.05, 0) is 43.5 Å². The summed E-state index contributed by atoms with van der Waals surface area (Å²) in [5.41, 5.74) is 1.55. The highest BCUT2D eigenvalue weighted by Crippen LogP contribution is 2.38. The van der Waals surface area contributed by atoms with Gasteiger partial charge in [-0.3, -0.25) is 14.6 Å². The van der Waals surface area contributed by atoms with Crippen molar-refractivity contribution < 1.29 is 28.5 Å². The van der Waals surface area contributed by atoms with E-state index in [9.17, 15) is 9.59 Å². The molecule has 1 aromatic heterocycles. The Morgan fingerprint density at radius 1 is 0.967 bits per heavy atom. The molecule has 0 fully saturated rings. The Bertz CT molecular complexity index is 1100. The number of rotatable bonds is 7. The number of benzene rings is 2. The van der Waals surface area contributed by atoms with E-state index in [0.29, 0.717) is 45.8 Å². The number of hydrogen-bond acceptors (Lipinski definition) is 7. The second-order valence-corrected chi connectivity index (χ2v) is 6.54. The molecule has 2 aromatic carbocycles.